The Kier molecular flexibility index (Phi) is 3.95. The lowest BCUT2D eigenvalue weighted by molar-refractivity contribution is 0.628. The van der Waals surface area contributed by atoms with Crippen molar-refractivity contribution in [3.63, 3.8) is 0 Å². The van der Waals surface area contributed by atoms with Gasteiger partial charge in [-0.1, -0.05) is 11.6 Å². The van der Waals surface area contributed by atoms with Crippen molar-refractivity contribution in [2.75, 3.05) is 18.5 Å². The van der Waals surface area contributed by atoms with Gasteiger partial charge in [-0.3, -0.25) is 0 Å². The average Bonchev–Trinajstić information content (AvgIpc) is 2.12. The standard InChI is InChI=1S/C8H11ClFN3/c9-7-5-6(1-2-8(7)10)13-12-4-3-11/h1-2,5,12-13H,3-4,11H2. The molecule has 0 heterocycles. The summed E-state index contributed by atoms with van der Waals surface area (Å²) in [5, 5.41) is 0.0968. The Hall–Kier alpha value is -0.840. The first-order valence-electron chi connectivity index (χ1n) is 3.88. The van der Waals surface area contributed by atoms with Crippen LogP contribution in [0, 0.1) is 5.82 Å². The van der Waals surface area contributed by atoms with Gasteiger partial charge in [-0.15, -0.1) is 0 Å². The fourth-order valence-electron chi connectivity index (χ4n) is 0.811. The van der Waals surface area contributed by atoms with Gasteiger partial charge in [0, 0.05) is 13.1 Å². The minimum absolute atomic E-state index is 0.0968. The van der Waals surface area contributed by atoms with Gasteiger partial charge in [0.2, 0.25) is 0 Å². The Morgan fingerprint density at radius 1 is 1.46 bits per heavy atom. The molecule has 72 valence electrons. The summed E-state index contributed by atoms with van der Waals surface area (Å²) in [7, 11) is 0. The largest absolute Gasteiger partial charge is 0.329 e. The lowest BCUT2D eigenvalue weighted by atomic mass is 10.3. The van der Waals surface area contributed by atoms with Gasteiger partial charge in [0.15, 0.2) is 0 Å². The number of rotatable bonds is 4. The van der Waals surface area contributed by atoms with Crippen LogP contribution in [0.3, 0.4) is 0 Å². The molecule has 0 spiro atoms. The van der Waals surface area contributed by atoms with E-state index in [0.29, 0.717) is 18.8 Å². The predicted molar refractivity (Wildman–Crippen MR) is 52.1 cm³/mol. The molecule has 0 unspecified atom stereocenters. The van der Waals surface area contributed by atoms with E-state index < -0.39 is 5.82 Å². The number of nitrogens with two attached hydrogens (primary N) is 1. The van der Waals surface area contributed by atoms with E-state index in [9.17, 15) is 4.39 Å². The third-order valence-electron chi connectivity index (χ3n) is 1.42. The van der Waals surface area contributed by atoms with Crippen molar-refractivity contribution < 1.29 is 4.39 Å². The van der Waals surface area contributed by atoms with Gasteiger partial charge in [0.1, 0.15) is 5.82 Å². The van der Waals surface area contributed by atoms with E-state index in [4.69, 9.17) is 17.3 Å². The molecule has 0 aliphatic carbocycles. The Labute approximate surface area is 81.0 Å². The summed E-state index contributed by atoms with van der Waals surface area (Å²) in [6, 6.07) is 4.39. The van der Waals surface area contributed by atoms with E-state index in [0.717, 1.165) is 0 Å². The molecule has 3 nitrogen and oxygen atoms in total. The van der Waals surface area contributed by atoms with Crippen LogP contribution in [0.25, 0.3) is 0 Å². The molecule has 1 aromatic rings. The maximum atomic E-state index is 12.7. The van der Waals surface area contributed by atoms with Crippen LogP contribution >= 0.6 is 11.6 Å². The van der Waals surface area contributed by atoms with E-state index in [1.54, 1.807) is 6.07 Å². The van der Waals surface area contributed by atoms with Crippen molar-refractivity contribution in [1.29, 1.82) is 0 Å². The minimum atomic E-state index is -0.425. The third-order valence-corrected chi connectivity index (χ3v) is 1.71. The van der Waals surface area contributed by atoms with Crippen molar-refractivity contribution >= 4 is 17.3 Å². The highest BCUT2D eigenvalue weighted by Crippen LogP contribution is 2.18. The van der Waals surface area contributed by atoms with Crippen LogP contribution in [0.15, 0.2) is 18.2 Å². The van der Waals surface area contributed by atoms with Crippen molar-refractivity contribution in [3.05, 3.63) is 29.0 Å². The van der Waals surface area contributed by atoms with Crippen molar-refractivity contribution in [1.82, 2.24) is 5.43 Å². The second-order valence-electron chi connectivity index (χ2n) is 2.47. The monoisotopic (exact) mass is 203 g/mol. The molecule has 0 aliphatic rings. The molecular weight excluding hydrogens is 193 g/mol. The summed E-state index contributed by atoms with van der Waals surface area (Å²) >= 11 is 5.56. The van der Waals surface area contributed by atoms with Crippen molar-refractivity contribution in [2.24, 2.45) is 5.73 Å². The van der Waals surface area contributed by atoms with Gasteiger partial charge in [0.25, 0.3) is 0 Å². The Bertz CT molecular complexity index is 280. The normalized spacial score (nSPS) is 10.1. The first-order chi connectivity index (χ1) is 6.24. The molecule has 0 saturated heterocycles. The average molecular weight is 204 g/mol. The number of hydrogen-bond donors (Lipinski definition) is 3. The summed E-state index contributed by atoms with van der Waals surface area (Å²) in [5.74, 6) is -0.425. The number of hydrogen-bond acceptors (Lipinski definition) is 3. The molecule has 0 aliphatic heterocycles. The third kappa shape index (κ3) is 3.18. The van der Waals surface area contributed by atoms with E-state index in [-0.39, 0.29) is 5.02 Å². The zero-order valence-electron chi connectivity index (χ0n) is 6.98. The minimum Gasteiger partial charge on any atom is -0.329 e. The van der Waals surface area contributed by atoms with E-state index in [1.807, 2.05) is 0 Å². The topological polar surface area (TPSA) is 50.1 Å². The summed E-state index contributed by atoms with van der Waals surface area (Å²) in [6.45, 7) is 1.16. The quantitative estimate of drug-likeness (QED) is 0.512. The molecule has 0 saturated carbocycles. The van der Waals surface area contributed by atoms with Crippen LogP contribution in [-0.4, -0.2) is 13.1 Å². The summed E-state index contributed by atoms with van der Waals surface area (Å²) in [5.41, 5.74) is 11.6. The summed E-state index contributed by atoms with van der Waals surface area (Å²) < 4.78 is 12.7. The highest BCUT2D eigenvalue weighted by Gasteiger charge is 1.99. The van der Waals surface area contributed by atoms with E-state index in [2.05, 4.69) is 10.9 Å². The Morgan fingerprint density at radius 2 is 2.23 bits per heavy atom. The van der Waals surface area contributed by atoms with Crippen molar-refractivity contribution in [2.45, 2.75) is 0 Å². The molecule has 1 rings (SSSR count). The first kappa shape index (κ1) is 10.2. The number of anilines is 1. The molecule has 0 atom stereocenters. The van der Waals surface area contributed by atoms with Gasteiger partial charge < -0.3 is 11.2 Å². The number of nitrogens with one attached hydrogen (secondary N) is 2. The Morgan fingerprint density at radius 3 is 2.85 bits per heavy atom. The number of benzene rings is 1. The van der Waals surface area contributed by atoms with Crippen LogP contribution < -0.4 is 16.6 Å². The SMILES string of the molecule is NCCNNc1ccc(F)c(Cl)c1. The van der Waals surface area contributed by atoms with Crippen LogP contribution in [-0.2, 0) is 0 Å². The van der Waals surface area contributed by atoms with Gasteiger partial charge in [-0.25, -0.2) is 9.82 Å². The number of halogens is 2. The predicted octanol–water partition coefficient (Wildman–Crippen LogP) is 1.35. The molecule has 0 radical (unpaired) electrons. The molecule has 0 amide bonds. The van der Waals surface area contributed by atoms with Gasteiger partial charge in [0.05, 0.1) is 10.7 Å². The van der Waals surface area contributed by atoms with Crippen molar-refractivity contribution in [3.8, 4) is 0 Å². The van der Waals surface area contributed by atoms with Crippen LogP contribution in [0.4, 0.5) is 10.1 Å². The highest BCUT2D eigenvalue weighted by molar-refractivity contribution is 6.31. The second-order valence-corrected chi connectivity index (χ2v) is 2.88. The van der Waals surface area contributed by atoms with Crippen LogP contribution in [0.1, 0.15) is 0 Å². The summed E-state index contributed by atoms with van der Waals surface area (Å²) in [6.07, 6.45) is 0. The van der Waals surface area contributed by atoms with Gasteiger partial charge in [-0.05, 0) is 18.2 Å². The molecular formula is C8H11ClFN3. The first-order valence-corrected chi connectivity index (χ1v) is 4.26. The highest BCUT2D eigenvalue weighted by atomic mass is 35.5. The zero-order chi connectivity index (χ0) is 9.68. The van der Waals surface area contributed by atoms with Crippen LogP contribution in [0.2, 0.25) is 5.02 Å². The lowest BCUT2D eigenvalue weighted by Gasteiger charge is -2.07. The Balaban J connectivity index is 2.53. The fourth-order valence-corrected chi connectivity index (χ4v) is 0.991. The fraction of sp³-hybridized carbons (Fsp3) is 0.250. The van der Waals surface area contributed by atoms with Gasteiger partial charge >= 0.3 is 0 Å². The zero-order valence-corrected chi connectivity index (χ0v) is 7.74. The van der Waals surface area contributed by atoms with Crippen LogP contribution in [0.5, 0.6) is 0 Å². The molecule has 1 aromatic carbocycles. The van der Waals surface area contributed by atoms with E-state index >= 15 is 0 Å². The van der Waals surface area contributed by atoms with Gasteiger partial charge in [-0.2, -0.15) is 0 Å². The molecule has 5 heteroatoms. The molecule has 0 fully saturated rings. The van der Waals surface area contributed by atoms with E-state index in [1.165, 1.54) is 12.1 Å². The molecule has 4 N–H and O–H groups in total. The molecule has 13 heavy (non-hydrogen) atoms. The number of hydrazine groups is 1. The second kappa shape index (κ2) is 5.01. The maximum absolute atomic E-state index is 12.7. The smallest absolute Gasteiger partial charge is 0.141 e. The lowest BCUT2D eigenvalue weighted by Crippen LogP contribution is -2.27. The summed E-state index contributed by atoms with van der Waals surface area (Å²) in [4.78, 5) is 0. The molecule has 0 aromatic heterocycles. The maximum Gasteiger partial charge on any atom is 0.141 e. The molecule has 0 bridgehead atoms.